The zero-order valence-electron chi connectivity index (χ0n) is 11.0. The first-order chi connectivity index (χ1) is 8.02. The van der Waals surface area contributed by atoms with E-state index in [0.29, 0.717) is 5.56 Å². The van der Waals surface area contributed by atoms with Crippen molar-refractivity contribution in [3.8, 4) is 0 Å². The summed E-state index contributed by atoms with van der Waals surface area (Å²) >= 11 is 0. The number of aryl methyl sites for hydroxylation is 2. The van der Waals surface area contributed by atoms with Crippen LogP contribution < -0.4 is 0 Å². The molecule has 2 aromatic rings. The number of hydrogen-bond acceptors (Lipinski definition) is 2. The fourth-order valence-corrected chi connectivity index (χ4v) is 2.07. The Morgan fingerprint density at radius 2 is 1.78 bits per heavy atom. The monoisotopic (exact) mass is 264 g/mol. The second kappa shape index (κ2) is 5.36. The van der Waals surface area contributed by atoms with E-state index in [9.17, 15) is 4.79 Å². The number of carbonyl (C=O) groups is 1. The Bertz CT molecular complexity index is 594. The normalized spacial score (nSPS) is 10.0. The van der Waals surface area contributed by atoms with Crippen LogP contribution in [0.1, 0.15) is 21.6 Å². The zero-order valence-corrected chi connectivity index (χ0v) is 11.8. The molecule has 0 aliphatic heterocycles. The maximum absolute atomic E-state index is 12.1. The number of hydrogen-bond donors (Lipinski definition) is 0. The van der Waals surface area contributed by atoms with E-state index in [0.717, 1.165) is 22.2 Å². The largest absolute Gasteiger partial charge is 0.345 e. The minimum absolute atomic E-state index is 0. The number of nitrogens with zero attached hydrogens (tertiary/aromatic N) is 2. The van der Waals surface area contributed by atoms with Gasteiger partial charge in [0.05, 0.1) is 16.8 Å². The van der Waals surface area contributed by atoms with E-state index < -0.39 is 0 Å². The van der Waals surface area contributed by atoms with Crippen molar-refractivity contribution in [3.05, 3.63) is 41.1 Å². The van der Waals surface area contributed by atoms with Gasteiger partial charge in [0, 0.05) is 19.5 Å². The molecule has 96 valence electrons. The maximum atomic E-state index is 12.1. The van der Waals surface area contributed by atoms with Crippen LogP contribution in [0.25, 0.3) is 10.9 Å². The highest BCUT2D eigenvalue weighted by Gasteiger charge is 2.17. The summed E-state index contributed by atoms with van der Waals surface area (Å²) in [6, 6.07) is 7.90. The smallest absolute Gasteiger partial charge is 0.255 e. The van der Waals surface area contributed by atoms with Crippen LogP contribution in [0.2, 0.25) is 0 Å². The van der Waals surface area contributed by atoms with E-state index in [1.807, 2.05) is 38.1 Å². The molecule has 1 aromatic carbocycles. The number of para-hydroxylation sites is 1. The highest BCUT2D eigenvalue weighted by atomic mass is 35.5. The van der Waals surface area contributed by atoms with Gasteiger partial charge >= 0.3 is 0 Å². The number of aromatic nitrogens is 1. The quantitative estimate of drug-likeness (QED) is 0.793. The minimum atomic E-state index is 0. The van der Waals surface area contributed by atoms with Gasteiger partial charge in [0.2, 0.25) is 0 Å². The van der Waals surface area contributed by atoms with Crippen LogP contribution >= 0.6 is 12.4 Å². The first-order valence-corrected chi connectivity index (χ1v) is 5.60. The predicted molar refractivity (Wildman–Crippen MR) is 76.5 cm³/mol. The summed E-state index contributed by atoms with van der Waals surface area (Å²) in [5, 5.41) is 1.04. The summed E-state index contributed by atoms with van der Waals surface area (Å²) in [5.74, 6) is 0.0123. The van der Waals surface area contributed by atoms with Crippen LogP contribution in [-0.4, -0.2) is 29.9 Å². The summed E-state index contributed by atoms with van der Waals surface area (Å²) in [5.41, 5.74) is 3.46. The molecule has 2 rings (SSSR count). The van der Waals surface area contributed by atoms with Crippen molar-refractivity contribution in [2.45, 2.75) is 13.8 Å². The van der Waals surface area contributed by atoms with Crippen molar-refractivity contribution in [2.75, 3.05) is 14.1 Å². The molecule has 0 saturated carbocycles. The molecule has 0 unspecified atom stereocenters. The van der Waals surface area contributed by atoms with E-state index in [4.69, 9.17) is 0 Å². The molecular formula is C14H17ClN2O. The maximum Gasteiger partial charge on any atom is 0.255 e. The van der Waals surface area contributed by atoms with E-state index >= 15 is 0 Å². The Morgan fingerprint density at radius 3 is 2.39 bits per heavy atom. The Kier molecular flexibility index (Phi) is 4.30. The fourth-order valence-electron chi connectivity index (χ4n) is 2.07. The van der Waals surface area contributed by atoms with Crippen LogP contribution in [0.3, 0.4) is 0 Å². The van der Waals surface area contributed by atoms with Crippen molar-refractivity contribution < 1.29 is 4.79 Å². The average Bonchev–Trinajstić information content (AvgIpc) is 2.28. The molecule has 0 fully saturated rings. The second-order valence-corrected chi connectivity index (χ2v) is 4.41. The number of halogens is 1. The van der Waals surface area contributed by atoms with Gasteiger partial charge in [0.15, 0.2) is 0 Å². The Hall–Kier alpha value is -1.61. The molecule has 3 nitrogen and oxygen atoms in total. The number of fused-ring (bicyclic) bond motifs is 1. The molecule has 1 heterocycles. The average molecular weight is 265 g/mol. The standard InChI is InChI=1S/C14H16N2O.ClH/c1-9-11-7-5-6-8-12(11)15-10(2)13(9)14(17)16(3)4;/h5-8H,1-4H3;1H. The molecule has 0 aliphatic carbocycles. The van der Waals surface area contributed by atoms with Crippen molar-refractivity contribution in [3.63, 3.8) is 0 Å². The van der Waals surface area contributed by atoms with E-state index in [1.54, 1.807) is 19.0 Å². The molecule has 1 aromatic heterocycles. The lowest BCUT2D eigenvalue weighted by Gasteiger charge is -2.15. The first-order valence-electron chi connectivity index (χ1n) is 5.60. The second-order valence-electron chi connectivity index (χ2n) is 4.41. The molecule has 0 N–H and O–H groups in total. The molecule has 0 spiro atoms. The van der Waals surface area contributed by atoms with Crippen molar-refractivity contribution in [1.82, 2.24) is 9.88 Å². The van der Waals surface area contributed by atoms with Crippen molar-refractivity contribution in [2.24, 2.45) is 0 Å². The van der Waals surface area contributed by atoms with Crippen molar-refractivity contribution in [1.29, 1.82) is 0 Å². The lowest BCUT2D eigenvalue weighted by molar-refractivity contribution is 0.0826. The molecule has 18 heavy (non-hydrogen) atoms. The third-order valence-electron chi connectivity index (χ3n) is 2.95. The molecule has 0 aliphatic rings. The Morgan fingerprint density at radius 1 is 1.17 bits per heavy atom. The summed E-state index contributed by atoms with van der Waals surface area (Å²) < 4.78 is 0. The summed E-state index contributed by atoms with van der Waals surface area (Å²) in [6.07, 6.45) is 0. The van der Waals surface area contributed by atoms with Crippen LogP contribution in [0, 0.1) is 13.8 Å². The minimum Gasteiger partial charge on any atom is -0.345 e. The topological polar surface area (TPSA) is 33.2 Å². The molecule has 0 radical (unpaired) electrons. The molecule has 1 amide bonds. The fraction of sp³-hybridized carbons (Fsp3) is 0.286. The van der Waals surface area contributed by atoms with E-state index in [1.165, 1.54) is 0 Å². The molecule has 0 saturated heterocycles. The molecule has 4 heteroatoms. The third-order valence-corrected chi connectivity index (χ3v) is 2.95. The van der Waals surface area contributed by atoms with Gasteiger partial charge in [-0.15, -0.1) is 12.4 Å². The summed E-state index contributed by atoms with van der Waals surface area (Å²) in [4.78, 5) is 18.2. The summed E-state index contributed by atoms with van der Waals surface area (Å²) in [6.45, 7) is 3.86. The van der Waals surface area contributed by atoms with Crippen LogP contribution in [0.5, 0.6) is 0 Å². The first kappa shape index (κ1) is 14.5. The van der Waals surface area contributed by atoms with E-state index in [-0.39, 0.29) is 18.3 Å². The Balaban J connectivity index is 0.00000162. The SMILES string of the molecule is Cc1nc2ccccc2c(C)c1C(=O)N(C)C.Cl. The number of carbonyl (C=O) groups excluding carboxylic acids is 1. The number of benzene rings is 1. The van der Waals surface area contributed by atoms with Gasteiger partial charge in [-0.3, -0.25) is 9.78 Å². The highest BCUT2D eigenvalue weighted by Crippen LogP contribution is 2.23. The van der Waals surface area contributed by atoms with Crippen LogP contribution in [0.4, 0.5) is 0 Å². The van der Waals surface area contributed by atoms with Gasteiger partial charge in [0.1, 0.15) is 0 Å². The summed E-state index contributed by atoms with van der Waals surface area (Å²) in [7, 11) is 3.52. The van der Waals surface area contributed by atoms with Gasteiger partial charge in [-0.2, -0.15) is 0 Å². The van der Waals surface area contributed by atoms with E-state index in [2.05, 4.69) is 4.98 Å². The predicted octanol–water partition coefficient (Wildman–Crippen LogP) is 2.98. The zero-order chi connectivity index (χ0) is 12.6. The molecular weight excluding hydrogens is 248 g/mol. The highest BCUT2D eigenvalue weighted by molar-refractivity contribution is 6.01. The van der Waals surface area contributed by atoms with Gasteiger partial charge < -0.3 is 4.90 Å². The molecule has 0 atom stereocenters. The van der Waals surface area contributed by atoms with Crippen LogP contribution in [-0.2, 0) is 0 Å². The van der Waals surface area contributed by atoms with Gasteiger partial charge in [-0.05, 0) is 25.5 Å². The lowest BCUT2D eigenvalue weighted by atomic mass is 10.0. The number of amides is 1. The number of rotatable bonds is 1. The lowest BCUT2D eigenvalue weighted by Crippen LogP contribution is -2.24. The van der Waals surface area contributed by atoms with Gasteiger partial charge in [-0.25, -0.2) is 0 Å². The Labute approximate surface area is 113 Å². The van der Waals surface area contributed by atoms with Crippen LogP contribution in [0.15, 0.2) is 24.3 Å². The number of pyridine rings is 1. The molecule has 0 bridgehead atoms. The third kappa shape index (κ3) is 2.31. The van der Waals surface area contributed by atoms with Gasteiger partial charge in [0.25, 0.3) is 5.91 Å². The van der Waals surface area contributed by atoms with Crippen molar-refractivity contribution >= 4 is 29.2 Å². The van der Waals surface area contributed by atoms with Gasteiger partial charge in [-0.1, -0.05) is 18.2 Å².